The summed E-state index contributed by atoms with van der Waals surface area (Å²) >= 11 is 0. The molecule has 3 aromatic rings. The van der Waals surface area contributed by atoms with E-state index in [0.717, 1.165) is 11.1 Å². The minimum Gasteiger partial charge on any atom is -0.294 e. The molecular formula is C25H24N2O. The van der Waals surface area contributed by atoms with Gasteiger partial charge in [0, 0.05) is 17.9 Å². The van der Waals surface area contributed by atoms with Crippen LogP contribution < -0.4 is 0 Å². The van der Waals surface area contributed by atoms with Gasteiger partial charge in [-0.15, -0.1) is 0 Å². The maximum absolute atomic E-state index is 13.1. The van der Waals surface area contributed by atoms with E-state index in [0.29, 0.717) is 5.56 Å². The Hall–Kier alpha value is -3.22. The largest absolute Gasteiger partial charge is 0.294 e. The molecule has 0 fully saturated rings. The molecule has 0 aliphatic rings. The lowest BCUT2D eigenvalue weighted by molar-refractivity contribution is 0.0926. The number of likely N-dealkylation sites (N-methyl/N-ethyl adjacent to an activating group) is 1. The zero-order chi connectivity index (χ0) is 20.0. The second-order valence-electron chi connectivity index (χ2n) is 7.10. The highest BCUT2D eigenvalue weighted by molar-refractivity contribution is 5.96. The van der Waals surface area contributed by atoms with Crippen molar-refractivity contribution in [3.63, 3.8) is 0 Å². The first kappa shape index (κ1) is 19.5. The topological polar surface area (TPSA) is 44.1 Å². The van der Waals surface area contributed by atoms with E-state index in [9.17, 15) is 10.1 Å². The number of hydrogen-bond donors (Lipinski definition) is 0. The maximum atomic E-state index is 13.1. The predicted octanol–water partition coefficient (Wildman–Crippen LogP) is 5.02. The van der Waals surface area contributed by atoms with Gasteiger partial charge < -0.3 is 0 Å². The number of carbonyl (C=O) groups excluding carboxylic acids is 1. The molecule has 140 valence electrons. The van der Waals surface area contributed by atoms with Gasteiger partial charge in [-0.2, -0.15) is 5.26 Å². The number of hydrogen-bond acceptors (Lipinski definition) is 3. The number of nitrogens with zero attached hydrogens (tertiary/aromatic N) is 2. The SMILES string of the molecule is CN(C)[C@](C#N)(c1ccccc1)[C@@H](CC(=O)c1ccccc1)c1ccccc1. The molecule has 0 radical (unpaired) electrons. The van der Waals surface area contributed by atoms with E-state index in [1.54, 1.807) is 0 Å². The molecule has 0 aromatic heterocycles. The quantitative estimate of drug-likeness (QED) is 0.550. The van der Waals surface area contributed by atoms with Crippen LogP contribution in [0.4, 0.5) is 0 Å². The lowest BCUT2D eigenvalue weighted by atomic mass is 9.71. The number of carbonyl (C=O) groups is 1. The Morgan fingerprint density at radius 2 is 1.39 bits per heavy atom. The average Bonchev–Trinajstić information content (AvgIpc) is 2.75. The lowest BCUT2D eigenvalue weighted by Crippen LogP contribution is -2.46. The average molecular weight is 368 g/mol. The highest BCUT2D eigenvalue weighted by Gasteiger charge is 2.44. The van der Waals surface area contributed by atoms with Crippen LogP contribution in [-0.4, -0.2) is 24.8 Å². The van der Waals surface area contributed by atoms with Gasteiger partial charge in [-0.05, 0) is 25.2 Å². The molecule has 28 heavy (non-hydrogen) atoms. The normalized spacial score (nSPS) is 14.1. The molecule has 3 aromatic carbocycles. The second kappa shape index (κ2) is 8.65. The van der Waals surface area contributed by atoms with Gasteiger partial charge >= 0.3 is 0 Å². The van der Waals surface area contributed by atoms with Crippen LogP contribution in [0.15, 0.2) is 91.0 Å². The van der Waals surface area contributed by atoms with Crippen molar-refractivity contribution >= 4 is 5.78 Å². The van der Waals surface area contributed by atoms with Crippen LogP contribution in [0.25, 0.3) is 0 Å². The van der Waals surface area contributed by atoms with Crippen LogP contribution in [0.2, 0.25) is 0 Å². The van der Waals surface area contributed by atoms with E-state index in [-0.39, 0.29) is 18.1 Å². The predicted molar refractivity (Wildman–Crippen MR) is 112 cm³/mol. The van der Waals surface area contributed by atoms with Crippen LogP contribution in [-0.2, 0) is 5.54 Å². The summed E-state index contributed by atoms with van der Waals surface area (Å²) in [6.45, 7) is 0. The molecule has 0 unspecified atom stereocenters. The van der Waals surface area contributed by atoms with Crippen LogP contribution in [0.3, 0.4) is 0 Å². The molecule has 0 saturated heterocycles. The summed E-state index contributed by atoms with van der Waals surface area (Å²) in [5.41, 5.74) is 1.57. The number of rotatable bonds is 7. The van der Waals surface area contributed by atoms with Gasteiger partial charge in [0.05, 0.1) is 6.07 Å². The molecule has 3 nitrogen and oxygen atoms in total. The highest BCUT2D eigenvalue weighted by atomic mass is 16.1. The third-order valence-corrected chi connectivity index (χ3v) is 5.28. The van der Waals surface area contributed by atoms with Crippen molar-refractivity contribution in [3.05, 3.63) is 108 Å². The molecule has 0 N–H and O–H groups in total. The molecule has 0 aliphatic heterocycles. The zero-order valence-electron chi connectivity index (χ0n) is 16.2. The first-order valence-corrected chi connectivity index (χ1v) is 9.37. The van der Waals surface area contributed by atoms with Gasteiger partial charge in [0.15, 0.2) is 5.78 Å². The fourth-order valence-corrected chi connectivity index (χ4v) is 3.83. The minimum atomic E-state index is -0.965. The van der Waals surface area contributed by atoms with E-state index in [1.165, 1.54) is 0 Å². The summed E-state index contributed by atoms with van der Waals surface area (Å²) in [7, 11) is 3.80. The van der Waals surface area contributed by atoms with E-state index < -0.39 is 5.54 Å². The van der Waals surface area contributed by atoms with Crippen molar-refractivity contribution in [1.82, 2.24) is 4.90 Å². The summed E-state index contributed by atoms with van der Waals surface area (Å²) in [6, 6.07) is 31.5. The Bertz CT molecular complexity index is 946. The molecule has 0 aliphatic carbocycles. The summed E-state index contributed by atoms with van der Waals surface area (Å²) in [5, 5.41) is 10.4. The number of ketones is 1. The minimum absolute atomic E-state index is 0.0341. The standard InChI is InChI=1S/C25H24N2O/c1-27(2)25(19-26,22-16-10-5-11-17-22)23(20-12-6-3-7-13-20)18-24(28)21-14-8-4-9-15-21/h3-17,23H,18H2,1-2H3/t23-,25+/m0/s1. The zero-order valence-corrected chi connectivity index (χ0v) is 16.2. The molecule has 2 atom stereocenters. The van der Waals surface area contributed by atoms with E-state index >= 15 is 0 Å². The number of Topliss-reactive ketones (excluding diaryl/α,β-unsaturated/α-hetero) is 1. The lowest BCUT2D eigenvalue weighted by Gasteiger charge is -2.41. The summed E-state index contributed by atoms with van der Waals surface area (Å²) in [5.74, 6) is -0.282. The Morgan fingerprint density at radius 1 is 0.893 bits per heavy atom. The summed E-state index contributed by atoms with van der Waals surface area (Å²) in [4.78, 5) is 15.0. The maximum Gasteiger partial charge on any atom is 0.163 e. The first-order chi connectivity index (χ1) is 13.6. The third-order valence-electron chi connectivity index (χ3n) is 5.28. The van der Waals surface area contributed by atoms with Gasteiger partial charge in [0.1, 0.15) is 5.54 Å². The second-order valence-corrected chi connectivity index (χ2v) is 7.10. The van der Waals surface area contributed by atoms with E-state index in [4.69, 9.17) is 0 Å². The number of nitriles is 1. The van der Waals surface area contributed by atoms with Crippen molar-refractivity contribution in [2.75, 3.05) is 14.1 Å². The molecule has 0 amide bonds. The summed E-state index contributed by atoms with van der Waals surface area (Å²) < 4.78 is 0. The fourth-order valence-electron chi connectivity index (χ4n) is 3.83. The smallest absolute Gasteiger partial charge is 0.163 e. The Kier molecular flexibility index (Phi) is 6.03. The molecule has 0 bridgehead atoms. The third kappa shape index (κ3) is 3.74. The van der Waals surface area contributed by atoms with Crippen molar-refractivity contribution in [2.45, 2.75) is 17.9 Å². The highest BCUT2D eigenvalue weighted by Crippen LogP contribution is 2.43. The van der Waals surface area contributed by atoms with Crippen LogP contribution >= 0.6 is 0 Å². The molecule has 0 heterocycles. The molecule has 3 rings (SSSR count). The number of benzene rings is 3. The molecule has 0 saturated carbocycles. The Morgan fingerprint density at radius 3 is 1.89 bits per heavy atom. The summed E-state index contributed by atoms with van der Waals surface area (Å²) in [6.07, 6.45) is 0.245. The van der Waals surface area contributed by atoms with E-state index in [2.05, 4.69) is 6.07 Å². The van der Waals surface area contributed by atoms with Gasteiger partial charge in [-0.25, -0.2) is 0 Å². The Balaban J connectivity index is 2.14. The Labute approximate surface area is 166 Å². The monoisotopic (exact) mass is 368 g/mol. The fraction of sp³-hybridized carbons (Fsp3) is 0.200. The van der Waals surface area contributed by atoms with Crippen LogP contribution in [0.5, 0.6) is 0 Å². The van der Waals surface area contributed by atoms with Crippen molar-refractivity contribution < 1.29 is 4.79 Å². The van der Waals surface area contributed by atoms with Gasteiger partial charge in [0.25, 0.3) is 0 Å². The van der Waals surface area contributed by atoms with Gasteiger partial charge in [-0.3, -0.25) is 9.69 Å². The van der Waals surface area contributed by atoms with E-state index in [1.807, 2.05) is 110 Å². The van der Waals surface area contributed by atoms with Crippen LogP contribution in [0, 0.1) is 11.3 Å². The van der Waals surface area contributed by atoms with Gasteiger partial charge in [0.2, 0.25) is 0 Å². The first-order valence-electron chi connectivity index (χ1n) is 9.37. The van der Waals surface area contributed by atoms with Crippen molar-refractivity contribution in [3.8, 4) is 6.07 Å². The molecular weight excluding hydrogens is 344 g/mol. The molecule has 3 heteroatoms. The van der Waals surface area contributed by atoms with Crippen molar-refractivity contribution in [1.29, 1.82) is 5.26 Å². The van der Waals surface area contributed by atoms with Crippen molar-refractivity contribution in [2.24, 2.45) is 0 Å². The van der Waals surface area contributed by atoms with Crippen LogP contribution in [0.1, 0.15) is 33.8 Å². The van der Waals surface area contributed by atoms with Gasteiger partial charge in [-0.1, -0.05) is 91.0 Å². The molecule has 0 spiro atoms.